The monoisotopic (exact) mass is 322 g/mol. The number of hydrogen-bond donors (Lipinski definition) is 0. The summed E-state index contributed by atoms with van der Waals surface area (Å²) in [6, 6.07) is 15.7. The van der Waals surface area contributed by atoms with Crippen LogP contribution in [0.25, 0.3) is 11.6 Å². The summed E-state index contributed by atoms with van der Waals surface area (Å²) in [7, 11) is 0. The number of allylic oxidation sites excluding steroid dienone is 1. The van der Waals surface area contributed by atoms with Crippen molar-refractivity contribution in [3.63, 3.8) is 0 Å². The first-order valence-corrected chi connectivity index (χ1v) is 9.20. The number of hydrogen-bond acceptors (Lipinski definition) is 0. The van der Waals surface area contributed by atoms with E-state index in [9.17, 15) is 4.39 Å². The molecule has 1 aliphatic rings. The third kappa shape index (κ3) is 4.14. The van der Waals surface area contributed by atoms with Gasteiger partial charge in [0, 0.05) is 0 Å². The van der Waals surface area contributed by atoms with E-state index in [2.05, 4.69) is 44.2 Å². The van der Waals surface area contributed by atoms with E-state index in [0.29, 0.717) is 0 Å². The number of benzene rings is 2. The van der Waals surface area contributed by atoms with Gasteiger partial charge >= 0.3 is 0 Å². The van der Waals surface area contributed by atoms with Crippen molar-refractivity contribution < 1.29 is 4.39 Å². The summed E-state index contributed by atoms with van der Waals surface area (Å²) in [5.74, 6) is 1.50. The summed E-state index contributed by atoms with van der Waals surface area (Å²) in [6.07, 6.45) is 8.94. The maximum absolute atomic E-state index is 13.0. The van der Waals surface area contributed by atoms with Crippen LogP contribution >= 0.6 is 0 Å². The Morgan fingerprint density at radius 3 is 2.17 bits per heavy atom. The topological polar surface area (TPSA) is 0 Å². The molecule has 0 saturated heterocycles. The molecule has 0 bridgehead atoms. The van der Waals surface area contributed by atoms with E-state index in [1.807, 2.05) is 12.1 Å². The standard InChI is InChI=1S/C23H27F/c1-3-18-4-8-21(9-5-18)22-10-6-19(7-11-22)16-17(2)20-12-14-23(24)15-13-20/h6-7,10-16,18,21H,3-5,8-9H2,1-2H3/b17-16+. The lowest BCUT2D eigenvalue weighted by atomic mass is 9.78. The lowest BCUT2D eigenvalue weighted by Gasteiger charge is -2.28. The van der Waals surface area contributed by atoms with Crippen molar-refractivity contribution >= 4 is 11.6 Å². The number of halogens is 1. The minimum Gasteiger partial charge on any atom is -0.207 e. The molecule has 3 rings (SSSR count). The van der Waals surface area contributed by atoms with Gasteiger partial charge in [-0.25, -0.2) is 4.39 Å². The van der Waals surface area contributed by atoms with Crippen molar-refractivity contribution in [1.82, 2.24) is 0 Å². The van der Waals surface area contributed by atoms with Gasteiger partial charge in [-0.3, -0.25) is 0 Å². The highest BCUT2D eigenvalue weighted by molar-refractivity contribution is 5.80. The van der Waals surface area contributed by atoms with Crippen molar-refractivity contribution in [3.8, 4) is 0 Å². The van der Waals surface area contributed by atoms with Crippen LogP contribution in [-0.4, -0.2) is 0 Å². The highest BCUT2D eigenvalue weighted by Gasteiger charge is 2.20. The van der Waals surface area contributed by atoms with Crippen molar-refractivity contribution in [2.75, 3.05) is 0 Å². The largest absolute Gasteiger partial charge is 0.207 e. The van der Waals surface area contributed by atoms with Crippen LogP contribution in [0.2, 0.25) is 0 Å². The molecular formula is C23H27F. The Hall–Kier alpha value is -1.89. The molecule has 0 atom stereocenters. The molecule has 0 amide bonds. The molecule has 0 radical (unpaired) electrons. The lowest BCUT2D eigenvalue weighted by molar-refractivity contribution is 0.319. The molecule has 0 nitrogen and oxygen atoms in total. The molecule has 126 valence electrons. The average Bonchev–Trinajstić information content (AvgIpc) is 2.63. The zero-order valence-corrected chi connectivity index (χ0v) is 14.8. The van der Waals surface area contributed by atoms with Crippen LogP contribution in [0.15, 0.2) is 48.5 Å². The first-order chi connectivity index (χ1) is 11.7. The van der Waals surface area contributed by atoms with E-state index in [4.69, 9.17) is 0 Å². The third-order valence-corrected chi connectivity index (χ3v) is 5.51. The zero-order chi connectivity index (χ0) is 16.9. The quantitative estimate of drug-likeness (QED) is 0.528. The maximum atomic E-state index is 13.0. The molecular weight excluding hydrogens is 295 g/mol. The minimum absolute atomic E-state index is 0.186. The van der Waals surface area contributed by atoms with E-state index >= 15 is 0 Å². The first kappa shape index (κ1) is 17.0. The number of rotatable bonds is 4. The molecule has 0 heterocycles. The summed E-state index contributed by atoms with van der Waals surface area (Å²) in [5, 5.41) is 0. The van der Waals surface area contributed by atoms with Crippen LogP contribution in [-0.2, 0) is 0 Å². The van der Waals surface area contributed by atoms with Gasteiger partial charge in [0.25, 0.3) is 0 Å². The fourth-order valence-electron chi connectivity index (χ4n) is 3.81. The molecule has 1 fully saturated rings. The summed E-state index contributed by atoms with van der Waals surface area (Å²) in [6.45, 7) is 4.39. The second-order valence-electron chi connectivity index (χ2n) is 7.13. The molecule has 1 heteroatoms. The summed E-state index contributed by atoms with van der Waals surface area (Å²) in [4.78, 5) is 0. The van der Waals surface area contributed by atoms with Crippen LogP contribution < -0.4 is 0 Å². The van der Waals surface area contributed by atoms with Crippen LogP contribution in [0.5, 0.6) is 0 Å². The Morgan fingerprint density at radius 1 is 0.958 bits per heavy atom. The summed E-state index contributed by atoms with van der Waals surface area (Å²) >= 11 is 0. The van der Waals surface area contributed by atoms with Crippen LogP contribution in [0.4, 0.5) is 4.39 Å². The van der Waals surface area contributed by atoms with Gasteiger partial charge in [0.2, 0.25) is 0 Å². The lowest BCUT2D eigenvalue weighted by Crippen LogP contribution is -2.12. The second-order valence-corrected chi connectivity index (χ2v) is 7.13. The maximum Gasteiger partial charge on any atom is 0.123 e. The van der Waals surface area contributed by atoms with Crippen molar-refractivity contribution in [2.45, 2.75) is 51.9 Å². The molecule has 0 unspecified atom stereocenters. The smallest absolute Gasteiger partial charge is 0.123 e. The molecule has 2 aromatic carbocycles. The van der Waals surface area contributed by atoms with Gasteiger partial charge < -0.3 is 0 Å². The van der Waals surface area contributed by atoms with Gasteiger partial charge in [0.05, 0.1) is 0 Å². The Kier molecular flexibility index (Phi) is 5.50. The van der Waals surface area contributed by atoms with Crippen molar-refractivity contribution in [2.24, 2.45) is 5.92 Å². The van der Waals surface area contributed by atoms with E-state index in [1.165, 1.54) is 55.4 Å². The molecule has 24 heavy (non-hydrogen) atoms. The zero-order valence-electron chi connectivity index (χ0n) is 14.8. The Balaban J connectivity index is 1.68. The second kappa shape index (κ2) is 7.79. The molecule has 2 aromatic rings. The average molecular weight is 322 g/mol. The van der Waals surface area contributed by atoms with Crippen LogP contribution in [0, 0.1) is 11.7 Å². The van der Waals surface area contributed by atoms with Crippen molar-refractivity contribution in [3.05, 3.63) is 71.0 Å². The highest BCUT2D eigenvalue weighted by Crippen LogP contribution is 2.37. The van der Waals surface area contributed by atoms with E-state index in [0.717, 1.165) is 23.0 Å². The third-order valence-electron chi connectivity index (χ3n) is 5.51. The Labute approximate surface area is 145 Å². The van der Waals surface area contributed by atoms with Crippen LogP contribution in [0.3, 0.4) is 0 Å². The molecule has 0 N–H and O–H groups in total. The van der Waals surface area contributed by atoms with Crippen molar-refractivity contribution in [1.29, 1.82) is 0 Å². The normalized spacial score (nSPS) is 21.7. The van der Waals surface area contributed by atoms with E-state index in [-0.39, 0.29) is 5.82 Å². The molecule has 1 aliphatic carbocycles. The van der Waals surface area contributed by atoms with Crippen LogP contribution in [0.1, 0.15) is 68.6 Å². The van der Waals surface area contributed by atoms with E-state index in [1.54, 1.807) is 0 Å². The highest BCUT2D eigenvalue weighted by atomic mass is 19.1. The summed E-state index contributed by atoms with van der Waals surface area (Å²) < 4.78 is 13.0. The van der Waals surface area contributed by atoms with Gasteiger partial charge in [-0.1, -0.05) is 55.8 Å². The van der Waals surface area contributed by atoms with Gasteiger partial charge in [0.1, 0.15) is 5.82 Å². The Bertz CT molecular complexity index is 671. The summed E-state index contributed by atoms with van der Waals surface area (Å²) in [5.41, 5.74) is 4.92. The van der Waals surface area contributed by atoms with Gasteiger partial charge in [-0.15, -0.1) is 0 Å². The fraction of sp³-hybridized carbons (Fsp3) is 0.391. The van der Waals surface area contributed by atoms with Gasteiger partial charge in [-0.2, -0.15) is 0 Å². The Morgan fingerprint density at radius 2 is 1.58 bits per heavy atom. The first-order valence-electron chi connectivity index (χ1n) is 9.20. The fourth-order valence-corrected chi connectivity index (χ4v) is 3.81. The molecule has 0 aromatic heterocycles. The van der Waals surface area contributed by atoms with E-state index < -0.39 is 0 Å². The molecule has 0 spiro atoms. The van der Waals surface area contributed by atoms with Gasteiger partial charge in [-0.05, 0) is 78.8 Å². The SMILES string of the molecule is CCC1CCC(c2ccc(/C=C(\C)c3ccc(F)cc3)cc2)CC1. The minimum atomic E-state index is -0.186. The predicted octanol–water partition coefficient (Wildman–Crippen LogP) is 7.07. The van der Waals surface area contributed by atoms with Gasteiger partial charge in [0.15, 0.2) is 0 Å². The predicted molar refractivity (Wildman–Crippen MR) is 101 cm³/mol. The molecule has 1 saturated carbocycles. The molecule has 0 aliphatic heterocycles.